The maximum atomic E-state index is 4.72. The molecule has 1 aromatic heterocycles. The van der Waals surface area contributed by atoms with Crippen molar-refractivity contribution in [2.45, 2.75) is 78.3 Å². The van der Waals surface area contributed by atoms with Crippen LogP contribution in [0.4, 0.5) is 0 Å². The summed E-state index contributed by atoms with van der Waals surface area (Å²) in [6.45, 7) is 8.60. The number of aromatic nitrogens is 2. The highest BCUT2D eigenvalue weighted by atomic mass is 15.3. The van der Waals surface area contributed by atoms with E-state index in [0.717, 1.165) is 25.4 Å². The zero-order valence-electron chi connectivity index (χ0n) is 13.5. The number of rotatable bonds is 7. The van der Waals surface area contributed by atoms with Gasteiger partial charge < -0.3 is 5.32 Å². The summed E-state index contributed by atoms with van der Waals surface area (Å²) in [5.41, 5.74) is 2.63. The molecule has 1 aliphatic rings. The van der Waals surface area contributed by atoms with Gasteiger partial charge in [0.1, 0.15) is 0 Å². The fourth-order valence-electron chi connectivity index (χ4n) is 3.50. The van der Waals surface area contributed by atoms with Crippen LogP contribution in [0.5, 0.6) is 0 Å². The van der Waals surface area contributed by atoms with Crippen molar-refractivity contribution in [3.63, 3.8) is 0 Å². The Morgan fingerprint density at radius 3 is 2.60 bits per heavy atom. The topological polar surface area (TPSA) is 29.9 Å². The smallest absolute Gasteiger partial charge is 0.0625 e. The van der Waals surface area contributed by atoms with Gasteiger partial charge in [-0.05, 0) is 38.3 Å². The Kier molecular flexibility index (Phi) is 6.08. The lowest BCUT2D eigenvalue weighted by Crippen LogP contribution is -2.26. The predicted octanol–water partition coefficient (Wildman–Crippen LogP) is 4.09. The van der Waals surface area contributed by atoms with Crippen LogP contribution >= 0.6 is 0 Å². The Labute approximate surface area is 124 Å². The van der Waals surface area contributed by atoms with E-state index in [1.165, 1.54) is 49.9 Å². The van der Waals surface area contributed by atoms with E-state index in [0.29, 0.717) is 6.04 Å². The lowest BCUT2D eigenvalue weighted by Gasteiger charge is -2.27. The summed E-state index contributed by atoms with van der Waals surface area (Å²) < 4.78 is 2.20. The van der Waals surface area contributed by atoms with E-state index >= 15 is 0 Å². The normalized spacial score (nSPS) is 18.4. The van der Waals surface area contributed by atoms with Crippen molar-refractivity contribution < 1.29 is 0 Å². The van der Waals surface area contributed by atoms with E-state index in [-0.39, 0.29) is 0 Å². The number of hydrogen-bond donors (Lipinski definition) is 1. The quantitative estimate of drug-likeness (QED) is 0.813. The number of nitrogens with one attached hydrogen (secondary N) is 1. The maximum absolute atomic E-state index is 4.72. The third kappa shape index (κ3) is 3.85. The van der Waals surface area contributed by atoms with E-state index in [1.54, 1.807) is 0 Å². The van der Waals surface area contributed by atoms with Crippen LogP contribution in [-0.2, 0) is 13.0 Å². The second-order valence-corrected chi connectivity index (χ2v) is 6.08. The van der Waals surface area contributed by atoms with Crippen molar-refractivity contribution in [3.05, 3.63) is 17.5 Å². The summed E-state index contributed by atoms with van der Waals surface area (Å²) in [5.74, 6) is 0.901. The molecule has 1 heterocycles. The molecule has 0 radical (unpaired) electrons. The summed E-state index contributed by atoms with van der Waals surface area (Å²) in [5, 5.41) is 8.42. The van der Waals surface area contributed by atoms with Gasteiger partial charge in [-0.3, -0.25) is 4.68 Å². The molecule has 1 fully saturated rings. The van der Waals surface area contributed by atoms with Crippen LogP contribution in [0, 0.1) is 5.92 Å². The highest BCUT2D eigenvalue weighted by Gasteiger charge is 2.22. The van der Waals surface area contributed by atoms with E-state index in [9.17, 15) is 0 Å². The van der Waals surface area contributed by atoms with E-state index in [4.69, 9.17) is 5.10 Å². The van der Waals surface area contributed by atoms with Gasteiger partial charge in [0.15, 0.2) is 0 Å². The van der Waals surface area contributed by atoms with Crippen LogP contribution in [-0.4, -0.2) is 16.3 Å². The van der Waals surface area contributed by atoms with Crippen LogP contribution < -0.4 is 5.32 Å². The molecule has 3 heteroatoms. The lowest BCUT2D eigenvalue weighted by atomic mass is 9.84. The van der Waals surface area contributed by atoms with Gasteiger partial charge >= 0.3 is 0 Å². The van der Waals surface area contributed by atoms with Crippen molar-refractivity contribution in [2.24, 2.45) is 5.92 Å². The standard InChI is InChI=1S/C17H31N3/c1-4-15-13-17(20(6-3)19-15)16(18-5-2)12-14-10-8-7-9-11-14/h13-14,16,18H,4-12H2,1-3H3. The molecule has 1 unspecified atom stereocenters. The first-order chi connectivity index (χ1) is 9.78. The average molecular weight is 277 g/mol. The third-order valence-electron chi connectivity index (χ3n) is 4.62. The number of hydrogen-bond acceptors (Lipinski definition) is 2. The van der Waals surface area contributed by atoms with Crippen LogP contribution in [0.3, 0.4) is 0 Å². The van der Waals surface area contributed by atoms with Gasteiger partial charge in [-0.2, -0.15) is 5.10 Å². The highest BCUT2D eigenvalue weighted by Crippen LogP contribution is 2.32. The molecule has 20 heavy (non-hydrogen) atoms. The van der Waals surface area contributed by atoms with Gasteiger partial charge in [-0.1, -0.05) is 46.0 Å². The monoisotopic (exact) mass is 277 g/mol. The molecule has 0 amide bonds. The van der Waals surface area contributed by atoms with E-state index in [2.05, 4.69) is 36.8 Å². The Hall–Kier alpha value is -0.830. The molecule has 0 bridgehead atoms. The SMILES string of the molecule is CCNC(CC1CCCCC1)c1cc(CC)nn1CC. The van der Waals surface area contributed by atoms with E-state index < -0.39 is 0 Å². The molecule has 1 atom stereocenters. The Balaban J connectivity index is 2.11. The average Bonchev–Trinajstić information content (AvgIpc) is 2.91. The zero-order chi connectivity index (χ0) is 14.4. The van der Waals surface area contributed by atoms with Crippen molar-refractivity contribution >= 4 is 0 Å². The van der Waals surface area contributed by atoms with Crippen LogP contribution in [0.1, 0.15) is 76.7 Å². The summed E-state index contributed by atoms with van der Waals surface area (Å²) in [6.07, 6.45) is 9.44. The molecule has 1 aliphatic carbocycles. The van der Waals surface area contributed by atoms with Crippen molar-refractivity contribution in [2.75, 3.05) is 6.54 Å². The number of aryl methyl sites for hydroxylation is 2. The van der Waals surface area contributed by atoms with Gasteiger partial charge in [-0.15, -0.1) is 0 Å². The summed E-state index contributed by atoms with van der Waals surface area (Å²) >= 11 is 0. The molecule has 1 saturated carbocycles. The molecule has 0 aliphatic heterocycles. The highest BCUT2D eigenvalue weighted by molar-refractivity contribution is 5.15. The first-order valence-corrected chi connectivity index (χ1v) is 8.58. The molecule has 0 aromatic carbocycles. The van der Waals surface area contributed by atoms with Gasteiger partial charge in [0.25, 0.3) is 0 Å². The van der Waals surface area contributed by atoms with Gasteiger partial charge in [0, 0.05) is 12.6 Å². The van der Waals surface area contributed by atoms with Crippen LogP contribution in [0.15, 0.2) is 6.07 Å². The molecule has 1 N–H and O–H groups in total. The Morgan fingerprint density at radius 1 is 1.25 bits per heavy atom. The van der Waals surface area contributed by atoms with Gasteiger partial charge in [0.05, 0.1) is 11.4 Å². The minimum Gasteiger partial charge on any atom is -0.309 e. The largest absolute Gasteiger partial charge is 0.309 e. The first kappa shape index (κ1) is 15.6. The molecule has 0 saturated heterocycles. The third-order valence-corrected chi connectivity index (χ3v) is 4.62. The Morgan fingerprint density at radius 2 is 2.00 bits per heavy atom. The minimum absolute atomic E-state index is 0.482. The molecular formula is C17H31N3. The molecular weight excluding hydrogens is 246 g/mol. The minimum atomic E-state index is 0.482. The van der Waals surface area contributed by atoms with Crippen molar-refractivity contribution in [3.8, 4) is 0 Å². The fourth-order valence-corrected chi connectivity index (χ4v) is 3.50. The molecule has 114 valence electrons. The maximum Gasteiger partial charge on any atom is 0.0625 e. The second kappa shape index (κ2) is 7.82. The summed E-state index contributed by atoms with van der Waals surface area (Å²) in [4.78, 5) is 0. The van der Waals surface area contributed by atoms with E-state index in [1.807, 2.05) is 0 Å². The fraction of sp³-hybridized carbons (Fsp3) is 0.824. The molecule has 0 spiro atoms. The zero-order valence-corrected chi connectivity index (χ0v) is 13.5. The summed E-state index contributed by atoms with van der Waals surface area (Å²) in [6, 6.07) is 2.80. The first-order valence-electron chi connectivity index (χ1n) is 8.58. The molecule has 1 aromatic rings. The van der Waals surface area contributed by atoms with Crippen molar-refractivity contribution in [1.29, 1.82) is 0 Å². The second-order valence-electron chi connectivity index (χ2n) is 6.08. The predicted molar refractivity (Wildman–Crippen MR) is 84.9 cm³/mol. The van der Waals surface area contributed by atoms with Gasteiger partial charge in [0.2, 0.25) is 0 Å². The Bertz CT molecular complexity index is 391. The molecule has 2 rings (SSSR count). The van der Waals surface area contributed by atoms with Crippen molar-refractivity contribution in [1.82, 2.24) is 15.1 Å². The van der Waals surface area contributed by atoms with Gasteiger partial charge in [-0.25, -0.2) is 0 Å². The number of nitrogens with zero attached hydrogens (tertiary/aromatic N) is 2. The molecule has 3 nitrogen and oxygen atoms in total. The van der Waals surface area contributed by atoms with Crippen LogP contribution in [0.25, 0.3) is 0 Å². The van der Waals surface area contributed by atoms with Crippen LogP contribution in [0.2, 0.25) is 0 Å². The summed E-state index contributed by atoms with van der Waals surface area (Å²) in [7, 11) is 0. The lowest BCUT2D eigenvalue weighted by molar-refractivity contribution is 0.295.